The third-order valence-corrected chi connectivity index (χ3v) is 4.09. The van der Waals surface area contributed by atoms with Gasteiger partial charge >= 0.3 is 0 Å². The van der Waals surface area contributed by atoms with Crippen LogP contribution in [0.25, 0.3) is 0 Å². The first-order valence-corrected chi connectivity index (χ1v) is 6.38. The van der Waals surface area contributed by atoms with Crippen molar-refractivity contribution in [2.45, 2.75) is 33.2 Å². The van der Waals surface area contributed by atoms with Crippen LogP contribution in [-0.4, -0.2) is 18.1 Å². The molecule has 1 saturated heterocycles. The lowest BCUT2D eigenvalue weighted by Crippen LogP contribution is -2.37. The van der Waals surface area contributed by atoms with Crippen molar-refractivity contribution >= 4 is 16.5 Å². The number of piperidine rings is 1. The van der Waals surface area contributed by atoms with Crippen LogP contribution in [0, 0.1) is 5.41 Å². The molecule has 1 aromatic heterocycles. The van der Waals surface area contributed by atoms with Gasteiger partial charge < -0.3 is 10.6 Å². The van der Waals surface area contributed by atoms with Gasteiger partial charge in [-0.25, -0.2) is 4.98 Å². The van der Waals surface area contributed by atoms with Crippen LogP contribution in [0.5, 0.6) is 0 Å². The minimum Gasteiger partial charge on any atom is -0.348 e. The van der Waals surface area contributed by atoms with Gasteiger partial charge in [-0.1, -0.05) is 13.8 Å². The zero-order valence-corrected chi connectivity index (χ0v) is 10.3. The highest BCUT2D eigenvalue weighted by molar-refractivity contribution is 7.13. The third kappa shape index (κ3) is 2.49. The van der Waals surface area contributed by atoms with Gasteiger partial charge in [0.2, 0.25) is 0 Å². The van der Waals surface area contributed by atoms with E-state index in [1.54, 1.807) is 11.3 Å². The smallest absolute Gasteiger partial charge is 0.185 e. The highest BCUT2D eigenvalue weighted by Gasteiger charge is 2.26. The highest BCUT2D eigenvalue weighted by Crippen LogP contribution is 2.33. The van der Waals surface area contributed by atoms with E-state index in [9.17, 15) is 0 Å². The van der Waals surface area contributed by atoms with Gasteiger partial charge in [0.1, 0.15) is 0 Å². The summed E-state index contributed by atoms with van der Waals surface area (Å²) in [5.41, 5.74) is 7.08. The Morgan fingerprint density at radius 1 is 1.47 bits per heavy atom. The maximum atomic E-state index is 5.56. The molecule has 84 valence electrons. The number of hydrogen-bond donors (Lipinski definition) is 1. The fourth-order valence-electron chi connectivity index (χ4n) is 1.84. The van der Waals surface area contributed by atoms with Crippen LogP contribution in [0.4, 0.5) is 5.13 Å². The van der Waals surface area contributed by atoms with Gasteiger partial charge in [0, 0.05) is 25.0 Å². The van der Waals surface area contributed by atoms with E-state index >= 15 is 0 Å². The average Bonchev–Trinajstić information content (AvgIpc) is 2.66. The van der Waals surface area contributed by atoms with Gasteiger partial charge in [0.15, 0.2) is 5.13 Å². The summed E-state index contributed by atoms with van der Waals surface area (Å²) < 4.78 is 0. The van der Waals surface area contributed by atoms with Gasteiger partial charge in [-0.3, -0.25) is 0 Å². The Morgan fingerprint density at radius 2 is 2.13 bits per heavy atom. The van der Waals surface area contributed by atoms with E-state index in [0.717, 1.165) is 23.9 Å². The lowest BCUT2D eigenvalue weighted by atomic mass is 9.83. The predicted octanol–water partition coefficient (Wildman–Crippen LogP) is 2.23. The summed E-state index contributed by atoms with van der Waals surface area (Å²) in [5.74, 6) is 0. The average molecular weight is 225 g/mol. The summed E-state index contributed by atoms with van der Waals surface area (Å²) in [5, 5.41) is 3.21. The Bertz CT molecular complexity index is 322. The molecule has 4 heteroatoms. The summed E-state index contributed by atoms with van der Waals surface area (Å²) in [6.07, 6.45) is 2.51. The van der Waals surface area contributed by atoms with E-state index in [2.05, 4.69) is 29.1 Å². The molecule has 0 spiro atoms. The monoisotopic (exact) mass is 225 g/mol. The molecule has 0 bridgehead atoms. The molecule has 1 aliphatic rings. The molecule has 2 heterocycles. The molecule has 15 heavy (non-hydrogen) atoms. The molecule has 3 nitrogen and oxygen atoms in total. The zero-order valence-electron chi connectivity index (χ0n) is 9.49. The summed E-state index contributed by atoms with van der Waals surface area (Å²) in [4.78, 5) is 6.90. The van der Waals surface area contributed by atoms with E-state index in [1.165, 1.54) is 12.8 Å². The molecule has 1 fully saturated rings. The Labute approximate surface area is 95.3 Å². The van der Waals surface area contributed by atoms with Crippen molar-refractivity contribution in [1.29, 1.82) is 0 Å². The third-order valence-electron chi connectivity index (χ3n) is 3.14. The van der Waals surface area contributed by atoms with Gasteiger partial charge in [-0.05, 0) is 18.3 Å². The van der Waals surface area contributed by atoms with Crippen LogP contribution in [0.1, 0.15) is 32.4 Å². The van der Waals surface area contributed by atoms with E-state index in [1.807, 2.05) is 0 Å². The standard InChI is InChI=1S/C11H19N3S/c1-11(2)3-5-14(6-4-11)10-13-9(7-12)8-15-10/h8H,3-7,12H2,1-2H3. The second-order valence-corrected chi connectivity index (χ2v) is 5.81. The normalized spacial score (nSPS) is 20.6. The Kier molecular flexibility index (Phi) is 2.98. The van der Waals surface area contributed by atoms with E-state index in [4.69, 9.17) is 5.73 Å². The van der Waals surface area contributed by atoms with Crippen LogP contribution >= 0.6 is 11.3 Å². The van der Waals surface area contributed by atoms with Crippen molar-refractivity contribution < 1.29 is 0 Å². The van der Waals surface area contributed by atoms with Crippen molar-refractivity contribution in [1.82, 2.24) is 4.98 Å². The van der Waals surface area contributed by atoms with E-state index in [-0.39, 0.29) is 0 Å². The SMILES string of the molecule is CC1(C)CCN(c2nc(CN)cs2)CC1. The van der Waals surface area contributed by atoms with Gasteiger partial charge in [0.05, 0.1) is 5.69 Å². The number of rotatable bonds is 2. The first kappa shape index (κ1) is 10.9. The molecule has 0 atom stereocenters. The first-order chi connectivity index (χ1) is 7.11. The van der Waals surface area contributed by atoms with Crippen LogP contribution in [-0.2, 0) is 6.54 Å². The molecule has 1 aromatic rings. The van der Waals surface area contributed by atoms with E-state index in [0.29, 0.717) is 12.0 Å². The Balaban J connectivity index is 2.01. The molecular formula is C11H19N3S. The molecule has 0 aliphatic carbocycles. The number of aromatic nitrogens is 1. The van der Waals surface area contributed by atoms with Gasteiger partial charge in [-0.2, -0.15) is 0 Å². The lowest BCUT2D eigenvalue weighted by molar-refractivity contribution is 0.279. The van der Waals surface area contributed by atoms with Crippen LogP contribution < -0.4 is 10.6 Å². The number of anilines is 1. The molecule has 2 rings (SSSR count). The maximum absolute atomic E-state index is 5.56. The quantitative estimate of drug-likeness (QED) is 0.839. The van der Waals surface area contributed by atoms with Crippen LogP contribution in [0.15, 0.2) is 5.38 Å². The van der Waals surface area contributed by atoms with E-state index < -0.39 is 0 Å². The largest absolute Gasteiger partial charge is 0.348 e. The molecule has 0 amide bonds. The Hall–Kier alpha value is -0.610. The molecule has 2 N–H and O–H groups in total. The van der Waals surface area contributed by atoms with Crippen molar-refractivity contribution in [3.8, 4) is 0 Å². The topological polar surface area (TPSA) is 42.2 Å². The lowest BCUT2D eigenvalue weighted by Gasteiger charge is -2.36. The van der Waals surface area contributed by atoms with Gasteiger partial charge in [-0.15, -0.1) is 11.3 Å². The molecule has 0 aromatic carbocycles. The molecule has 0 unspecified atom stereocenters. The Morgan fingerprint density at radius 3 is 2.67 bits per heavy atom. The zero-order chi connectivity index (χ0) is 10.9. The van der Waals surface area contributed by atoms with Crippen molar-refractivity contribution in [2.75, 3.05) is 18.0 Å². The summed E-state index contributed by atoms with van der Waals surface area (Å²) in [7, 11) is 0. The van der Waals surface area contributed by atoms with Crippen molar-refractivity contribution in [3.63, 3.8) is 0 Å². The summed E-state index contributed by atoms with van der Waals surface area (Å²) >= 11 is 1.72. The fraction of sp³-hybridized carbons (Fsp3) is 0.727. The minimum absolute atomic E-state index is 0.504. The molecule has 0 radical (unpaired) electrons. The second-order valence-electron chi connectivity index (χ2n) is 4.98. The predicted molar refractivity (Wildman–Crippen MR) is 65.2 cm³/mol. The maximum Gasteiger partial charge on any atom is 0.185 e. The van der Waals surface area contributed by atoms with Gasteiger partial charge in [0.25, 0.3) is 0 Å². The fourth-order valence-corrected chi connectivity index (χ4v) is 2.73. The number of nitrogens with two attached hydrogens (primary N) is 1. The molecular weight excluding hydrogens is 206 g/mol. The molecule has 0 saturated carbocycles. The summed E-state index contributed by atoms with van der Waals surface area (Å²) in [6, 6.07) is 0. The number of thiazole rings is 1. The second kappa shape index (κ2) is 4.10. The summed E-state index contributed by atoms with van der Waals surface area (Å²) in [6.45, 7) is 7.50. The molecule has 1 aliphatic heterocycles. The minimum atomic E-state index is 0.504. The highest BCUT2D eigenvalue weighted by atomic mass is 32.1. The van der Waals surface area contributed by atoms with Crippen molar-refractivity contribution in [3.05, 3.63) is 11.1 Å². The van der Waals surface area contributed by atoms with Crippen molar-refractivity contribution in [2.24, 2.45) is 11.1 Å². The number of hydrogen-bond acceptors (Lipinski definition) is 4. The van der Waals surface area contributed by atoms with Crippen LogP contribution in [0.3, 0.4) is 0 Å². The van der Waals surface area contributed by atoms with Crippen LogP contribution in [0.2, 0.25) is 0 Å². The first-order valence-electron chi connectivity index (χ1n) is 5.50. The number of nitrogens with zero attached hydrogens (tertiary/aromatic N) is 2.